The first kappa shape index (κ1) is 10.0. The summed E-state index contributed by atoms with van der Waals surface area (Å²) >= 11 is 0. The Morgan fingerprint density at radius 3 is 3.00 bits per heavy atom. The second kappa shape index (κ2) is 9.00. The fraction of sp³-hybridized carbons (Fsp3) is 0.400. The molecule has 0 aromatic heterocycles. The topological polar surface area (TPSA) is 9.23 Å². The Bertz CT molecular complexity index is 169. The summed E-state index contributed by atoms with van der Waals surface area (Å²) < 4.78 is 5.20. The summed E-state index contributed by atoms with van der Waals surface area (Å²) in [5, 5.41) is 0. The molecule has 0 fully saturated rings. The molecule has 0 aromatic carbocycles. The van der Waals surface area contributed by atoms with Gasteiger partial charge in [0.05, 0.1) is 13.2 Å². The van der Waals surface area contributed by atoms with Crippen LogP contribution in [-0.4, -0.2) is 13.2 Å². The van der Waals surface area contributed by atoms with E-state index in [0.717, 1.165) is 6.42 Å². The van der Waals surface area contributed by atoms with Crippen LogP contribution in [-0.2, 0) is 4.74 Å². The Labute approximate surface area is 68.8 Å². The average molecular weight is 150 g/mol. The third-order valence-corrected chi connectivity index (χ3v) is 1.03. The SMILES string of the molecule is C=C/C=C/COCCC#CC. The largest absolute Gasteiger partial charge is 0.376 e. The third-order valence-electron chi connectivity index (χ3n) is 1.03. The van der Waals surface area contributed by atoms with E-state index < -0.39 is 0 Å². The van der Waals surface area contributed by atoms with Gasteiger partial charge in [-0.25, -0.2) is 0 Å². The van der Waals surface area contributed by atoms with Crippen LogP contribution >= 0.6 is 0 Å². The van der Waals surface area contributed by atoms with Gasteiger partial charge in [-0.15, -0.1) is 11.8 Å². The van der Waals surface area contributed by atoms with Gasteiger partial charge in [-0.05, 0) is 6.92 Å². The zero-order valence-electron chi connectivity index (χ0n) is 6.97. The normalized spacial score (nSPS) is 9.18. The predicted octanol–water partition coefficient (Wildman–Crippen LogP) is 2.16. The van der Waals surface area contributed by atoms with Gasteiger partial charge in [0.15, 0.2) is 0 Å². The number of hydrogen-bond donors (Lipinski definition) is 0. The first-order valence-corrected chi connectivity index (χ1v) is 3.66. The Hall–Kier alpha value is -1.00. The highest BCUT2D eigenvalue weighted by molar-refractivity contribution is 4.97. The molecule has 0 aromatic rings. The molecule has 11 heavy (non-hydrogen) atoms. The van der Waals surface area contributed by atoms with Crippen LogP contribution in [0.1, 0.15) is 13.3 Å². The minimum absolute atomic E-state index is 0.650. The van der Waals surface area contributed by atoms with E-state index >= 15 is 0 Å². The molecule has 0 unspecified atom stereocenters. The predicted molar refractivity (Wildman–Crippen MR) is 48.2 cm³/mol. The molecule has 0 spiro atoms. The molecule has 0 aliphatic rings. The van der Waals surface area contributed by atoms with Gasteiger partial charge in [0.1, 0.15) is 0 Å². The Morgan fingerprint density at radius 1 is 1.55 bits per heavy atom. The summed E-state index contributed by atoms with van der Waals surface area (Å²) in [4.78, 5) is 0. The summed E-state index contributed by atoms with van der Waals surface area (Å²) in [5.74, 6) is 5.73. The van der Waals surface area contributed by atoms with E-state index in [0.29, 0.717) is 13.2 Å². The molecule has 0 radical (unpaired) electrons. The molecular formula is C10H14O. The Kier molecular flexibility index (Phi) is 8.18. The van der Waals surface area contributed by atoms with Gasteiger partial charge >= 0.3 is 0 Å². The molecule has 0 saturated carbocycles. The van der Waals surface area contributed by atoms with E-state index in [-0.39, 0.29) is 0 Å². The first-order chi connectivity index (χ1) is 5.41. The fourth-order valence-electron chi connectivity index (χ4n) is 0.551. The molecule has 0 aliphatic carbocycles. The van der Waals surface area contributed by atoms with Crippen LogP contribution in [0.25, 0.3) is 0 Å². The summed E-state index contributed by atoms with van der Waals surface area (Å²) in [7, 11) is 0. The monoisotopic (exact) mass is 150 g/mol. The van der Waals surface area contributed by atoms with Crippen LogP contribution in [0, 0.1) is 11.8 Å². The van der Waals surface area contributed by atoms with Gasteiger partial charge in [0.25, 0.3) is 0 Å². The highest BCUT2D eigenvalue weighted by Gasteiger charge is 1.79. The van der Waals surface area contributed by atoms with Crippen molar-refractivity contribution in [2.75, 3.05) is 13.2 Å². The van der Waals surface area contributed by atoms with Crippen molar-refractivity contribution in [2.45, 2.75) is 13.3 Å². The van der Waals surface area contributed by atoms with E-state index in [1.54, 1.807) is 6.08 Å². The van der Waals surface area contributed by atoms with Gasteiger partial charge in [0, 0.05) is 6.42 Å². The van der Waals surface area contributed by atoms with Crippen LogP contribution < -0.4 is 0 Å². The summed E-state index contributed by atoms with van der Waals surface area (Å²) in [5.41, 5.74) is 0. The van der Waals surface area contributed by atoms with Crippen molar-refractivity contribution in [1.82, 2.24) is 0 Å². The molecule has 0 aliphatic heterocycles. The van der Waals surface area contributed by atoms with Gasteiger partial charge in [0.2, 0.25) is 0 Å². The fourth-order valence-corrected chi connectivity index (χ4v) is 0.551. The van der Waals surface area contributed by atoms with E-state index in [4.69, 9.17) is 4.74 Å². The van der Waals surface area contributed by atoms with Crippen LogP contribution in [0.15, 0.2) is 24.8 Å². The van der Waals surface area contributed by atoms with Crippen molar-refractivity contribution in [3.05, 3.63) is 24.8 Å². The molecule has 0 atom stereocenters. The van der Waals surface area contributed by atoms with E-state index in [2.05, 4.69) is 18.4 Å². The Morgan fingerprint density at radius 2 is 2.36 bits per heavy atom. The molecule has 0 rings (SSSR count). The van der Waals surface area contributed by atoms with Crippen molar-refractivity contribution in [3.8, 4) is 11.8 Å². The maximum absolute atomic E-state index is 5.20. The summed E-state index contributed by atoms with van der Waals surface area (Å²) in [6, 6.07) is 0. The second-order valence-corrected chi connectivity index (χ2v) is 1.92. The summed E-state index contributed by atoms with van der Waals surface area (Å²) in [6.45, 7) is 6.74. The van der Waals surface area contributed by atoms with Crippen molar-refractivity contribution >= 4 is 0 Å². The van der Waals surface area contributed by atoms with Crippen molar-refractivity contribution < 1.29 is 4.74 Å². The zero-order chi connectivity index (χ0) is 8.36. The minimum Gasteiger partial charge on any atom is -0.376 e. The molecule has 0 amide bonds. The smallest absolute Gasteiger partial charge is 0.0650 e. The number of rotatable bonds is 5. The summed E-state index contributed by atoms with van der Waals surface area (Å²) in [6.07, 6.45) is 6.34. The quantitative estimate of drug-likeness (QED) is 0.331. The number of allylic oxidation sites excluding steroid dienone is 2. The van der Waals surface area contributed by atoms with Crippen molar-refractivity contribution in [3.63, 3.8) is 0 Å². The van der Waals surface area contributed by atoms with E-state index in [1.165, 1.54) is 0 Å². The first-order valence-electron chi connectivity index (χ1n) is 3.66. The molecule has 0 saturated heterocycles. The van der Waals surface area contributed by atoms with Crippen LogP contribution in [0.4, 0.5) is 0 Å². The third kappa shape index (κ3) is 9.00. The molecule has 0 N–H and O–H groups in total. The van der Waals surface area contributed by atoms with Crippen LogP contribution in [0.3, 0.4) is 0 Å². The lowest BCUT2D eigenvalue weighted by atomic mass is 10.4. The van der Waals surface area contributed by atoms with Gasteiger partial charge in [-0.3, -0.25) is 0 Å². The van der Waals surface area contributed by atoms with Crippen molar-refractivity contribution in [2.24, 2.45) is 0 Å². The van der Waals surface area contributed by atoms with Crippen LogP contribution in [0.2, 0.25) is 0 Å². The highest BCUT2D eigenvalue weighted by Crippen LogP contribution is 1.82. The molecule has 0 heterocycles. The standard InChI is InChI=1S/C10H14O/c1-3-5-7-9-11-10-8-6-4-2/h3,5,7H,1,8-10H2,2H3/b7-5+. The van der Waals surface area contributed by atoms with E-state index in [1.807, 2.05) is 19.1 Å². The Balaban J connectivity index is 3.06. The molecule has 1 nitrogen and oxygen atoms in total. The molecule has 0 bridgehead atoms. The lowest BCUT2D eigenvalue weighted by molar-refractivity contribution is 0.169. The van der Waals surface area contributed by atoms with E-state index in [9.17, 15) is 0 Å². The minimum atomic E-state index is 0.650. The number of hydrogen-bond acceptors (Lipinski definition) is 1. The van der Waals surface area contributed by atoms with Gasteiger partial charge < -0.3 is 4.74 Å². The lowest BCUT2D eigenvalue weighted by Crippen LogP contribution is -1.92. The lowest BCUT2D eigenvalue weighted by Gasteiger charge is -1.93. The maximum Gasteiger partial charge on any atom is 0.0650 e. The van der Waals surface area contributed by atoms with Gasteiger partial charge in [-0.1, -0.05) is 24.8 Å². The number of ether oxygens (including phenoxy) is 1. The average Bonchev–Trinajstić information content (AvgIpc) is 2.03. The highest BCUT2D eigenvalue weighted by atomic mass is 16.5. The van der Waals surface area contributed by atoms with Gasteiger partial charge in [-0.2, -0.15) is 0 Å². The van der Waals surface area contributed by atoms with Crippen LogP contribution in [0.5, 0.6) is 0 Å². The van der Waals surface area contributed by atoms with Crippen molar-refractivity contribution in [1.29, 1.82) is 0 Å². The maximum atomic E-state index is 5.20. The second-order valence-electron chi connectivity index (χ2n) is 1.92. The molecule has 60 valence electrons. The zero-order valence-corrected chi connectivity index (χ0v) is 6.97. The molecule has 1 heteroatoms. The molecular weight excluding hydrogens is 136 g/mol.